The molecule has 0 aliphatic rings. The van der Waals surface area contributed by atoms with E-state index in [2.05, 4.69) is 42.3 Å². The second kappa shape index (κ2) is 5.43. The van der Waals surface area contributed by atoms with Gasteiger partial charge in [0.05, 0.1) is 6.04 Å². The van der Waals surface area contributed by atoms with E-state index in [9.17, 15) is 0 Å². The van der Waals surface area contributed by atoms with E-state index in [1.165, 1.54) is 20.9 Å². The molecule has 0 aliphatic heterocycles. The molecule has 2 aromatic rings. The molecule has 90 valence electrons. The van der Waals surface area contributed by atoms with Crippen LogP contribution in [0.25, 0.3) is 0 Å². The molecule has 0 radical (unpaired) electrons. The maximum Gasteiger partial charge on any atom is 0.0686 e. The molecular formula is C14H18N2S. The molecule has 2 rings (SSSR count). The molecule has 2 nitrogen and oxygen atoms in total. The van der Waals surface area contributed by atoms with Crippen LogP contribution in [0.5, 0.6) is 0 Å². The molecule has 0 bridgehead atoms. The van der Waals surface area contributed by atoms with Crippen LogP contribution in [0.4, 0.5) is 0 Å². The second-order valence-electron chi connectivity index (χ2n) is 4.11. The number of aryl methyl sites for hydroxylation is 2. The summed E-state index contributed by atoms with van der Waals surface area (Å²) in [5.74, 6) is 0. The van der Waals surface area contributed by atoms with Crippen molar-refractivity contribution >= 4 is 11.3 Å². The Morgan fingerprint density at radius 2 is 2.18 bits per heavy atom. The van der Waals surface area contributed by atoms with Gasteiger partial charge in [0.1, 0.15) is 0 Å². The highest BCUT2D eigenvalue weighted by Gasteiger charge is 2.16. The number of hydrogen-bond acceptors (Lipinski definition) is 3. The summed E-state index contributed by atoms with van der Waals surface area (Å²) in [5.41, 5.74) is 2.55. The Labute approximate surface area is 107 Å². The molecule has 0 aliphatic carbocycles. The van der Waals surface area contributed by atoms with Gasteiger partial charge in [0.2, 0.25) is 0 Å². The summed E-state index contributed by atoms with van der Waals surface area (Å²) in [7, 11) is 2.00. The first-order chi connectivity index (χ1) is 8.26. The lowest BCUT2D eigenvalue weighted by Gasteiger charge is -2.16. The molecule has 1 unspecified atom stereocenters. The van der Waals surface area contributed by atoms with Crippen molar-refractivity contribution in [2.45, 2.75) is 26.3 Å². The minimum atomic E-state index is 0.258. The maximum atomic E-state index is 4.23. The van der Waals surface area contributed by atoms with E-state index in [-0.39, 0.29) is 6.04 Å². The summed E-state index contributed by atoms with van der Waals surface area (Å²) in [5, 5.41) is 3.38. The fourth-order valence-corrected chi connectivity index (χ4v) is 3.05. The quantitative estimate of drug-likeness (QED) is 0.895. The first kappa shape index (κ1) is 12.3. The van der Waals surface area contributed by atoms with E-state index in [1.807, 2.05) is 30.8 Å². The van der Waals surface area contributed by atoms with E-state index in [0.717, 1.165) is 6.42 Å². The number of rotatable bonds is 4. The van der Waals surface area contributed by atoms with Gasteiger partial charge in [0.15, 0.2) is 0 Å². The van der Waals surface area contributed by atoms with Crippen LogP contribution < -0.4 is 5.32 Å². The lowest BCUT2D eigenvalue weighted by molar-refractivity contribution is 0.696. The van der Waals surface area contributed by atoms with Gasteiger partial charge in [-0.1, -0.05) is 6.92 Å². The minimum Gasteiger partial charge on any atom is -0.309 e. The molecule has 17 heavy (non-hydrogen) atoms. The smallest absolute Gasteiger partial charge is 0.0686 e. The third kappa shape index (κ3) is 2.56. The summed E-state index contributed by atoms with van der Waals surface area (Å²) in [6.07, 6.45) is 4.91. The molecule has 2 heterocycles. The highest BCUT2D eigenvalue weighted by atomic mass is 32.1. The van der Waals surface area contributed by atoms with Gasteiger partial charge < -0.3 is 5.32 Å². The minimum absolute atomic E-state index is 0.258. The Bertz CT molecular complexity index is 490. The zero-order chi connectivity index (χ0) is 12.3. The first-order valence-electron chi connectivity index (χ1n) is 5.92. The van der Waals surface area contributed by atoms with Crippen molar-refractivity contribution in [2.75, 3.05) is 7.05 Å². The van der Waals surface area contributed by atoms with Crippen LogP contribution in [0.15, 0.2) is 30.6 Å². The van der Waals surface area contributed by atoms with Gasteiger partial charge >= 0.3 is 0 Å². The fraction of sp³-hybridized carbons (Fsp3) is 0.357. The largest absolute Gasteiger partial charge is 0.309 e. The highest BCUT2D eigenvalue weighted by molar-refractivity contribution is 7.12. The topological polar surface area (TPSA) is 24.9 Å². The lowest BCUT2D eigenvalue weighted by Crippen LogP contribution is -2.17. The molecule has 2 aromatic heterocycles. The molecule has 0 saturated carbocycles. The number of hydrogen-bond donors (Lipinski definition) is 1. The SMILES string of the molecule is CCc1ccc(C(NC)c2cnccc2C)s1. The molecule has 0 amide bonds. The third-order valence-electron chi connectivity index (χ3n) is 2.99. The zero-order valence-electron chi connectivity index (χ0n) is 10.5. The summed E-state index contributed by atoms with van der Waals surface area (Å²) in [6, 6.07) is 6.76. The van der Waals surface area contributed by atoms with E-state index in [1.54, 1.807) is 0 Å². The Morgan fingerprint density at radius 1 is 1.35 bits per heavy atom. The van der Waals surface area contributed by atoms with Crippen LogP contribution in [0.2, 0.25) is 0 Å². The lowest BCUT2D eigenvalue weighted by atomic mass is 10.0. The van der Waals surface area contributed by atoms with E-state index < -0.39 is 0 Å². The van der Waals surface area contributed by atoms with Gasteiger partial charge in [-0.3, -0.25) is 4.98 Å². The summed E-state index contributed by atoms with van der Waals surface area (Å²) >= 11 is 1.88. The molecule has 0 saturated heterocycles. The molecule has 0 aromatic carbocycles. The Morgan fingerprint density at radius 3 is 2.76 bits per heavy atom. The average Bonchev–Trinajstić information content (AvgIpc) is 2.81. The maximum absolute atomic E-state index is 4.23. The van der Waals surface area contributed by atoms with Gasteiger partial charge in [-0.25, -0.2) is 0 Å². The number of nitrogens with zero attached hydrogens (tertiary/aromatic N) is 1. The zero-order valence-corrected chi connectivity index (χ0v) is 11.3. The molecule has 3 heteroatoms. The van der Waals surface area contributed by atoms with Gasteiger partial charge in [0, 0.05) is 22.1 Å². The molecule has 0 spiro atoms. The van der Waals surface area contributed by atoms with Gasteiger partial charge in [-0.2, -0.15) is 0 Å². The number of nitrogens with one attached hydrogen (secondary N) is 1. The molecule has 1 atom stereocenters. The van der Waals surface area contributed by atoms with Gasteiger partial charge in [-0.05, 0) is 49.7 Å². The predicted octanol–water partition coefficient (Wildman–Crippen LogP) is 3.32. The van der Waals surface area contributed by atoms with Crippen LogP contribution in [0.1, 0.15) is 33.8 Å². The first-order valence-corrected chi connectivity index (χ1v) is 6.74. The normalized spacial score (nSPS) is 12.6. The number of thiophene rings is 1. The summed E-state index contributed by atoms with van der Waals surface area (Å²) in [6.45, 7) is 4.33. The van der Waals surface area contributed by atoms with E-state index in [0.29, 0.717) is 0 Å². The highest BCUT2D eigenvalue weighted by Crippen LogP contribution is 2.29. The van der Waals surface area contributed by atoms with Gasteiger partial charge in [-0.15, -0.1) is 11.3 Å². The van der Waals surface area contributed by atoms with Crippen LogP contribution >= 0.6 is 11.3 Å². The van der Waals surface area contributed by atoms with Gasteiger partial charge in [0.25, 0.3) is 0 Å². The van der Waals surface area contributed by atoms with Crippen LogP contribution in [-0.2, 0) is 6.42 Å². The predicted molar refractivity (Wildman–Crippen MR) is 73.6 cm³/mol. The molecular weight excluding hydrogens is 228 g/mol. The monoisotopic (exact) mass is 246 g/mol. The molecule has 1 N–H and O–H groups in total. The molecule has 0 fully saturated rings. The van der Waals surface area contributed by atoms with Crippen molar-refractivity contribution in [1.29, 1.82) is 0 Å². The van der Waals surface area contributed by atoms with E-state index in [4.69, 9.17) is 0 Å². The fourth-order valence-electron chi connectivity index (χ4n) is 1.97. The Hall–Kier alpha value is -1.19. The summed E-state index contributed by atoms with van der Waals surface area (Å²) < 4.78 is 0. The Balaban J connectivity index is 2.36. The number of pyridine rings is 1. The van der Waals surface area contributed by atoms with Crippen LogP contribution in [-0.4, -0.2) is 12.0 Å². The van der Waals surface area contributed by atoms with Crippen LogP contribution in [0.3, 0.4) is 0 Å². The average molecular weight is 246 g/mol. The van der Waals surface area contributed by atoms with Crippen molar-refractivity contribution < 1.29 is 0 Å². The number of aromatic nitrogens is 1. The van der Waals surface area contributed by atoms with Crippen molar-refractivity contribution in [3.05, 3.63) is 51.5 Å². The van der Waals surface area contributed by atoms with Crippen molar-refractivity contribution in [3.63, 3.8) is 0 Å². The van der Waals surface area contributed by atoms with Crippen molar-refractivity contribution in [2.24, 2.45) is 0 Å². The second-order valence-corrected chi connectivity index (χ2v) is 5.31. The van der Waals surface area contributed by atoms with Crippen molar-refractivity contribution in [1.82, 2.24) is 10.3 Å². The van der Waals surface area contributed by atoms with Crippen LogP contribution in [0, 0.1) is 6.92 Å². The van der Waals surface area contributed by atoms with E-state index >= 15 is 0 Å². The summed E-state index contributed by atoms with van der Waals surface area (Å²) in [4.78, 5) is 7.03. The van der Waals surface area contributed by atoms with Crippen molar-refractivity contribution in [3.8, 4) is 0 Å². The standard InChI is InChI=1S/C14H18N2S/c1-4-11-5-6-13(17-11)14(15-3)12-9-16-8-7-10(12)2/h5-9,14-15H,4H2,1-3H3. The Kier molecular flexibility index (Phi) is 3.92. The third-order valence-corrected chi connectivity index (χ3v) is 4.29.